The van der Waals surface area contributed by atoms with Gasteiger partial charge in [-0.2, -0.15) is 0 Å². The molecule has 1 N–H and O–H groups in total. The van der Waals surface area contributed by atoms with Gasteiger partial charge in [-0.1, -0.05) is 0 Å². The van der Waals surface area contributed by atoms with Crippen LogP contribution in [0.5, 0.6) is 0 Å². The molecule has 1 aromatic rings. The number of hydrazine groups is 1. The Kier molecular flexibility index (Phi) is 3.26. The first-order chi connectivity index (χ1) is 5.59. The molecule has 0 bridgehead atoms. The predicted molar refractivity (Wildman–Crippen MR) is 54.3 cm³/mol. The number of rotatable bonds is 3. The second-order valence-corrected chi connectivity index (χ2v) is 4.63. The molecule has 0 aromatic carbocycles. The highest BCUT2D eigenvalue weighted by molar-refractivity contribution is 7.12. The van der Waals surface area contributed by atoms with Crippen LogP contribution < -0.4 is 5.43 Å². The van der Waals surface area contributed by atoms with Crippen LogP contribution in [0.1, 0.15) is 15.3 Å². The van der Waals surface area contributed by atoms with Gasteiger partial charge in [0.05, 0.1) is 0 Å². The van der Waals surface area contributed by atoms with E-state index >= 15 is 0 Å². The van der Waals surface area contributed by atoms with E-state index in [0.29, 0.717) is 0 Å². The summed E-state index contributed by atoms with van der Waals surface area (Å²) in [6.07, 6.45) is 0. The van der Waals surface area contributed by atoms with Crippen LogP contribution in [0.25, 0.3) is 0 Å². The molecule has 0 fully saturated rings. The van der Waals surface area contributed by atoms with Crippen molar-refractivity contribution < 1.29 is 0 Å². The quantitative estimate of drug-likeness (QED) is 0.722. The van der Waals surface area contributed by atoms with Gasteiger partial charge in [0, 0.05) is 30.4 Å². The van der Waals surface area contributed by atoms with E-state index in [1.165, 1.54) is 15.3 Å². The van der Waals surface area contributed by atoms with Crippen LogP contribution in [-0.4, -0.2) is 19.1 Å². The highest BCUT2D eigenvalue weighted by Crippen LogP contribution is 2.19. The molecule has 0 aliphatic heterocycles. The van der Waals surface area contributed by atoms with Crippen molar-refractivity contribution >= 4 is 11.3 Å². The van der Waals surface area contributed by atoms with Crippen LogP contribution in [0.4, 0.5) is 0 Å². The van der Waals surface area contributed by atoms with Crippen LogP contribution in [0.3, 0.4) is 0 Å². The van der Waals surface area contributed by atoms with Gasteiger partial charge in [-0.05, 0) is 25.5 Å². The molecule has 0 aliphatic rings. The molecule has 1 rings (SSSR count). The number of hydrogen-bond acceptors (Lipinski definition) is 3. The molecule has 1 aromatic heterocycles. The molecule has 2 nitrogen and oxygen atoms in total. The molecule has 0 unspecified atom stereocenters. The van der Waals surface area contributed by atoms with Crippen LogP contribution in [0.15, 0.2) is 6.07 Å². The average Bonchev–Trinajstić information content (AvgIpc) is 2.26. The number of thiophene rings is 1. The molecule has 0 spiro atoms. The van der Waals surface area contributed by atoms with E-state index < -0.39 is 0 Å². The third-order valence-electron chi connectivity index (χ3n) is 1.73. The van der Waals surface area contributed by atoms with Crippen molar-refractivity contribution in [1.29, 1.82) is 0 Å². The summed E-state index contributed by atoms with van der Waals surface area (Å²) in [6.45, 7) is 5.25. The van der Waals surface area contributed by atoms with Crippen molar-refractivity contribution in [1.82, 2.24) is 10.4 Å². The summed E-state index contributed by atoms with van der Waals surface area (Å²) in [5.74, 6) is 0. The molecular weight excluding hydrogens is 168 g/mol. The Labute approximate surface area is 78.2 Å². The minimum atomic E-state index is 0.934. The van der Waals surface area contributed by atoms with Gasteiger partial charge in [-0.15, -0.1) is 11.3 Å². The van der Waals surface area contributed by atoms with E-state index in [-0.39, 0.29) is 0 Å². The Bertz CT molecular complexity index is 253. The summed E-state index contributed by atoms with van der Waals surface area (Å²) in [5, 5.41) is 1.98. The maximum Gasteiger partial charge on any atom is 0.0364 e. The Morgan fingerprint density at radius 2 is 2.08 bits per heavy atom. The fourth-order valence-electron chi connectivity index (χ4n) is 1.10. The summed E-state index contributed by atoms with van der Waals surface area (Å²) in [7, 11) is 4.02. The maximum absolute atomic E-state index is 3.26. The van der Waals surface area contributed by atoms with E-state index in [0.717, 1.165) is 6.54 Å². The standard InChI is InChI=1S/C9H16N2S/c1-7-5-9(8(2)12-7)6-10-11(3)4/h5,10H,6H2,1-4H3. The lowest BCUT2D eigenvalue weighted by Crippen LogP contribution is -2.29. The summed E-state index contributed by atoms with van der Waals surface area (Å²) >= 11 is 1.86. The van der Waals surface area contributed by atoms with Crippen LogP contribution >= 0.6 is 11.3 Å². The summed E-state index contributed by atoms with van der Waals surface area (Å²) in [4.78, 5) is 2.81. The Hall–Kier alpha value is -0.380. The largest absolute Gasteiger partial charge is 0.251 e. The smallest absolute Gasteiger partial charge is 0.0364 e. The van der Waals surface area contributed by atoms with Gasteiger partial charge in [-0.3, -0.25) is 10.4 Å². The molecule has 1 heterocycles. The summed E-state index contributed by atoms with van der Waals surface area (Å²) < 4.78 is 0. The van der Waals surface area contributed by atoms with Gasteiger partial charge in [0.1, 0.15) is 0 Å². The third-order valence-corrected chi connectivity index (χ3v) is 2.74. The van der Waals surface area contributed by atoms with Crippen molar-refractivity contribution in [3.63, 3.8) is 0 Å². The molecule has 0 radical (unpaired) electrons. The van der Waals surface area contributed by atoms with Crippen molar-refractivity contribution in [2.75, 3.05) is 14.1 Å². The minimum Gasteiger partial charge on any atom is -0.251 e. The predicted octanol–water partition coefficient (Wildman–Crippen LogP) is 1.93. The minimum absolute atomic E-state index is 0.934. The lowest BCUT2D eigenvalue weighted by atomic mass is 10.2. The van der Waals surface area contributed by atoms with Crippen molar-refractivity contribution in [3.8, 4) is 0 Å². The monoisotopic (exact) mass is 184 g/mol. The van der Waals surface area contributed by atoms with E-state index in [2.05, 4.69) is 25.3 Å². The topological polar surface area (TPSA) is 15.3 Å². The lowest BCUT2D eigenvalue weighted by molar-refractivity contribution is 0.286. The fourth-order valence-corrected chi connectivity index (χ4v) is 2.05. The van der Waals surface area contributed by atoms with E-state index in [9.17, 15) is 0 Å². The first kappa shape index (κ1) is 9.71. The summed E-state index contributed by atoms with van der Waals surface area (Å²) in [6, 6.07) is 2.25. The van der Waals surface area contributed by atoms with Crippen molar-refractivity contribution in [2.45, 2.75) is 20.4 Å². The summed E-state index contributed by atoms with van der Waals surface area (Å²) in [5.41, 5.74) is 4.66. The van der Waals surface area contributed by atoms with E-state index in [1.807, 2.05) is 30.4 Å². The van der Waals surface area contributed by atoms with E-state index in [1.54, 1.807) is 0 Å². The average molecular weight is 184 g/mol. The lowest BCUT2D eigenvalue weighted by Gasteiger charge is -2.10. The highest BCUT2D eigenvalue weighted by atomic mass is 32.1. The first-order valence-electron chi connectivity index (χ1n) is 4.06. The second-order valence-electron chi connectivity index (χ2n) is 3.17. The molecular formula is C9H16N2S. The zero-order valence-electron chi connectivity index (χ0n) is 8.14. The molecule has 3 heteroatoms. The number of nitrogens with one attached hydrogen (secondary N) is 1. The highest BCUT2D eigenvalue weighted by Gasteiger charge is 2.01. The fraction of sp³-hybridized carbons (Fsp3) is 0.556. The Balaban J connectivity index is 2.57. The van der Waals surface area contributed by atoms with Gasteiger partial charge in [0.2, 0.25) is 0 Å². The molecule has 0 atom stereocenters. The SMILES string of the molecule is Cc1cc(CNN(C)C)c(C)s1. The van der Waals surface area contributed by atoms with Gasteiger partial charge in [0.25, 0.3) is 0 Å². The maximum atomic E-state index is 3.26. The van der Waals surface area contributed by atoms with Crippen LogP contribution in [0, 0.1) is 13.8 Å². The normalized spacial score (nSPS) is 11.1. The molecule has 0 saturated heterocycles. The zero-order chi connectivity index (χ0) is 9.14. The molecule has 12 heavy (non-hydrogen) atoms. The Morgan fingerprint density at radius 3 is 2.50 bits per heavy atom. The second kappa shape index (κ2) is 4.03. The number of aryl methyl sites for hydroxylation is 2. The molecule has 0 aliphatic carbocycles. The molecule has 0 amide bonds. The molecule has 68 valence electrons. The van der Waals surface area contributed by atoms with E-state index in [4.69, 9.17) is 0 Å². The van der Waals surface area contributed by atoms with Crippen molar-refractivity contribution in [2.24, 2.45) is 0 Å². The van der Waals surface area contributed by atoms with Crippen LogP contribution in [-0.2, 0) is 6.54 Å². The number of hydrogen-bond donors (Lipinski definition) is 1. The molecule has 0 saturated carbocycles. The Morgan fingerprint density at radius 1 is 1.42 bits per heavy atom. The van der Waals surface area contributed by atoms with Crippen molar-refractivity contribution in [3.05, 3.63) is 21.4 Å². The van der Waals surface area contributed by atoms with Gasteiger partial charge >= 0.3 is 0 Å². The number of nitrogens with zero attached hydrogens (tertiary/aromatic N) is 1. The first-order valence-corrected chi connectivity index (χ1v) is 4.88. The third kappa shape index (κ3) is 2.59. The zero-order valence-corrected chi connectivity index (χ0v) is 8.96. The van der Waals surface area contributed by atoms with Gasteiger partial charge < -0.3 is 0 Å². The van der Waals surface area contributed by atoms with Gasteiger partial charge in [-0.25, -0.2) is 0 Å². The van der Waals surface area contributed by atoms with Gasteiger partial charge in [0.15, 0.2) is 0 Å². The van der Waals surface area contributed by atoms with Crippen LogP contribution in [0.2, 0.25) is 0 Å².